The van der Waals surface area contributed by atoms with E-state index in [0.29, 0.717) is 23.6 Å². The maximum absolute atomic E-state index is 12.8. The lowest BCUT2D eigenvalue weighted by molar-refractivity contribution is 0.245. The summed E-state index contributed by atoms with van der Waals surface area (Å²) in [5, 5.41) is 0. The Labute approximate surface area is 165 Å². The Bertz CT molecular complexity index is 1080. The van der Waals surface area contributed by atoms with E-state index in [1.807, 2.05) is 25.1 Å². The molecule has 1 aliphatic carbocycles. The summed E-state index contributed by atoms with van der Waals surface area (Å²) < 4.78 is 34.1. The molecule has 3 aromatic rings. The summed E-state index contributed by atoms with van der Waals surface area (Å²) in [7, 11) is -3.79. The Hall–Kier alpha value is -2.67. The summed E-state index contributed by atoms with van der Waals surface area (Å²) >= 11 is 0. The highest BCUT2D eigenvalue weighted by atomic mass is 32.2. The third-order valence-corrected chi connectivity index (χ3v) is 6.39. The second-order valence-corrected chi connectivity index (χ2v) is 8.93. The van der Waals surface area contributed by atoms with Crippen LogP contribution in [-0.2, 0) is 10.0 Å². The number of nitrogens with one attached hydrogen (secondary N) is 1. The zero-order valence-electron chi connectivity index (χ0n) is 15.8. The van der Waals surface area contributed by atoms with Gasteiger partial charge in [-0.15, -0.1) is 0 Å². The lowest BCUT2D eigenvalue weighted by Crippen LogP contribution is -2.17. The van der Waals surface area contributed by atoms with Gasteiger partial charge in [0.05, 0.1) is 22.5 Å². The van der Waals surface area contributed by atoms with Crippen LogP contribution in [0, 0.1) is 12.8 Å². The second kappa shape index (κ2) is 7.75. The molecule has 0 saturated heterocycles. The first-order valence-corrected chi connectivity index (χ1v) is 11.0. The summed E-state index contributed by atoms with van der Waals surface area (Å²) in [6, 6.07) is 14.0. The highest BCUT2D eigenvalue weighted by molar-refractivity contribution is 7.92. The van der Waals surface area contributed by atoms with Crippen LogP contribution >= 0.6 is 0 Å². The number of nitrogens with zero attached hydrogens (tertiary/aromatic N) is 2. The maximum Gasteiger partial charge on any atom is 0.263 e. The van der Waals surface area contributed by atoms with Crippen molar-refractivity contribution in [2.75, 3.05) is 11.3 Å². The summed E-state index contributed by atoms with van der Waals surface area (Å²) in [5.41, 5.74) is 2.27. The van der Waals surface area contributed by atoms with Crippen LogP contribution in [0.5, 0.6) is 5.88 Å². The summed E-state index contributed by atoms with van der Waals surface area (Å²) in [4.78, 5) is 9.16. The van der Waals surface area contributed by atoms with Gasteiger partial charge in [0.25, 0.3) is 15.9 Å². The Kier molecular flexibility index (Phi) is 5.17. The van der Waals surface area contributed by atoms with Crippen molar-refractivity contribution in [1.82, 2.24) is 9.97 Å². The first-order chi connectivity index (χ1) is 13.5. The van der Waals surface area contributed by atoms with E-state index < -0.39 is 10.0 Å². The van der Waals surface area contributed by atoms with Crippen molar-refractivity contribution in [3.63, 3.8) is 0 Å². The van der Waals surface area contributed by atoms with Crippen LogP contribution in [0.2, 0.25) is 0 Å². The highest BCUT2D eigenvalue weighted by Crippen LogP contribution is 2.29. The maximum atomic E-state index is 12.8. The van der Waals surface area contributed by atoms with Crippen molar-refractivity contribution in [1.29, 1.82) is 0 Å². The van der Waals surface area contributed by atoms with Crippen LogP contribution in [-0.4, -0.2) is 25.0 Å². The zero-order valence-corrected chi connectivity index (χ0v) is 16.6. The van der Waals surface area contributed by atoms with Gasteiger partial charge < -0.3 is 4.74 Å². The van der Waals surface area contributed by atoms with Crippen LogP contribution in [0.1, 0.15) is 31.2 Å². The minimum absolute atomic E-state index is 0.122. The molecular formula is C21H23N3O3S. The third-order valence-electron chi connectivity index (χ3n) is 5.03. The quantitative estimate of drug-likeness (QED) is 0.670. The van der Waals surface area contributed by atoms with Crippen LogP contribution in [0.4, 0.5) is 5.82 Å². The Morgan fingerprint density at radius 3 is 2.32 bits per heavy atom. The Balaban J connectivity index is 1.67. The van der Waals surface area contributed by atoms with Gasteiger partial charge in [-0.05, 0) is 49.9 Å². The minimum Gasteiger partial charge on any atom is -0.475 e. The standard InChI is InChI=1S/C21H23N3O3S/c1-15-10-12-17(13-11-15)28(25,26)24-20-21(27-14-16-6-2-3-7-16)23-19-9-5-4-8-18(19)22-20/h4-5,8-13,16H,2-3,6-7,14H2,1H3,(H,22,24). The van der Waals surface area contributed by atoms with Gasteiger partial charge in [0, 0.05) is 0 Å². The molecule has 146 valence electrons. The van der Waals surface area contributed by atoms with Crippen LogP contribution < -0.4 is 9.46 Å². The van der Waals surface area contributed by atoms with Gasteiger partial charge in [-0.2, -0.15) is 0 Å². The summed E-state index contributed by atoms with van der Waals surface area (Å²) in [6.07, 6.45) is 4.69. The highest BCUT2D eigenvalue weighted by Gasteiger charge is 2.21. The second-order valence-electron chi connectivity index (χ2n) is 7.25. The predicted octanol–water partition coefficient (Wildman–Crippen LogP) is 4.31. The molecule has 0 radical (unpaired) electrons. The zero-order chi connectivity index (χ0) is 19.6. The first kappa shape index (κ1) is 18.7. The molecule has 1 heterocycles. The molecule has 1 saturated carbocycles. The van der Waals surface area contributed by atoms with Crippen molar-refractivity contribution >= 4 is 26.9 Å². The molecule has 7 heteroatoms. The van der Waals surface area contributed by atoms with E-state index in [1.54, 1.807) is 30.3 Å². The van der Waals surface area contributed by atoms with Crippen molar-refractivity contribution in [3.8, 4) is 5.88 Å². The molecule has 0 aliphatic heterocycles. The molecule has 0 amide bonds. The molecular weight excluding hydrogens is 374 g/mol. The van der Waals surface area contributed by atoms with E-state index >= 15 is 0 Å². The van der Waals surface area contributed by atoms with E-state index in [0.717, 1.165) is 18.4 Å². The van der Waals surface area contributed by atoms with E-state index in [9.17, 15) is 8.42 Å². The van der Waals surface area contributed by atoms with E-state index in [2.05, 4.69) is 14.7 Å². The lowest BCUT2D eigenvalue weighted by Gasteiger charge is -2.15. The SMILES string of the molecule is Cc1ccc(S(=O)(=O)Nc2nc3ccccc3nc2OCC2CCCC2)cc1. The monoisotopic (exact) mass is 397 g/mol. The average Bonchev–Trinajstić information content (AvgIpc) is 3.20. The van der Waals surface area contributed by atoms with Crippen LogP contribution in [0.25, 0.3) is 11.0 Å². The molecule has 1 aromatic heterocycles. The van der Waals surface area contributed by atoms with Crippen molar-refractivity contribution in [3.05, 3.63) is 54.1 Å². The predicted molar refractivity (Wildman–Crippen MR) is 109 cm³/mol. The number of ether oxygens (including phenoxy) is 1. The van der Waals surface area contributed by atoms with Gasteiger partial charge in [0.15, 0.2) is 0 Å². The molecule has 4 rings (SSSR count). The molecule has 0 unspecified atom stereocenters. The van der Waals surface area contributed by atoms with Gasteiger partial charge in [0.2, 0.25) is 5.82 Å². The molecule has 28 heavy (non-hydrogen) atoms. The fourth-order valence-corrected chi connectivity index (χ4v) is 4.43. The number of hydrogen-bond acceptors (Lipinski definition) is 5. The fourth-order valence-electron chi connectivity index (χ4n) is 3.43. The number of benzene rings is 2. The van der Waals surface area contributed by atoms with E-state index in [1.165, 1.54) is 12.8 Å². The number of fused-ring (bicyclic) bond motifs is 1. The third kappa shape index (κ3) is 4.09. The number of para-hydroxylation sites is 2. The summed E-state index contributed by atoms with van der Waals surface area (Å²) in [6.45, 7) is 2.43. The minimum atomic E-state index is -3.79. The van der Waals surface area contributed by atoms with Crippen molar-refractivity contribution in [2.45, 2.75) is 37.5 Å². The topological polar surface area (TPSA) is 81.2 Å². The normalized spacial score (nSPS) is 15.0. The van der Waals surface area contributed by atoms with Crippen LogP contribution in [0.3, 0.4) is 0 Å². The molecule has 1 aliphatic rings. The van der Waals surface area contributed by atoms with Gasteiger partial charge in [-0.25, -0.2) is 18.4 Å². The molecule has 6 nitrogen and oxygen atoms in total. The summed E-state index contributed by atoms with van der Waals surface area (Å²) in [5.74, 6) is 0.827. The van der Waals surface area contributed by atoms with Crippen molar-refractivity contribution in [2.24, 2.45) is 5.92 Å². The number of sulfonamides is 1. The largest absolute Gasteiger partial charge is 0.475 e. The van der Waals surface area contributed by atoms with Crippen LogP contribution in [0.15, 0.2) is 53.4 Å². The molecule has 0 spiro atoms. The molecule has 2 aromatic carbocycles. The fraction of sp³-hybridized carbons (Fsp3) is 0.333. The number of aromatic nitrogens is 2. The molecule has 1 fully saturated rings. The lowest BCUT2D eigenvalue weighted by atomic mass is 10.1. The Morgan fingerprint density at radius 2 is 1.64 bits per heavy atom. The molecule has 0 bridgehead atoms. The van der Waals surface area contributed by atoms with E-state index in [4.69, 9.17) is 4.74 Å². The van der Waals surface area contributed by atoms with Crippen molar-refractivity contribution < 1.29 is 13.2 Å². The smallest absolute Gasteiger partial charge is 0.263 e. The van der Waals surface area contributed by atoms with Gasteiger partial charge in [-0.1, -0.05) is 42.7 Å². The first-order valence-electron chi connectivity index (χ1n) is 9.50. The van der Waals surface area contributed by atoms with Gasteiger partial charge in [0.1, 0.15) is 0 Å². The Morgan fingerprint density at radius 1 is 1.00 bits per heavy atom. The number of anilines is 1. The van der Waals surface area contributed by atoms with E-state index in [-0.39, 0.29) is 16.6 Å². The van der Waals surface area contributed by atoms with Gasteiger partial charge >= 0.3 is 0 Å². The number of aryl methyl sites for hydroxylation is 1. The van der Waals surface area contributed by atoms with Gasteiger partial charge in [-0.3, -0.25) is 4.72 Å². The molecule has 0 atom stereocenters. The molecule has 1 N–H and O–H groups in total. The average molecular weight is 398 g/mol. The number of hydrogen-bond donors (Lipinski definition) is 1. The number of rotatable bonds is 6.